The molecule has 3 rings (SSSR count). The predicted octanol–water partition coefficient (Wildman–Crippen LogP) is -5.76. The molecule has 0 aliphatic carbocycles. The van der Waals surface area contributed by atoms with E-state index in [1.807, 2.05) is 0 Å². The number of nitrogens with zero attached hydrogens (tertiary/aromatic N) is 4. The highest BCUT2D eigenvalue weighted by Crippen LogP contribution is 2.31. The second-order valence-electron chi connectivity index (χ2n) is 7.26. The highest BCUT2D eigenvalue weighted by molar-refractivity contribution is 5.81. The first-order chi connectivity index (χ1) is 13.8. The minimum absolute atomic E-state index is 0.213. The molecule has 0 radical (unpaired) electrons. The average Bonchev–Trinajstić information content (AvgIpc) is 3.23. The van der Waals surface area contributed by atoms with E-state index in [0.29, 0.717) is 43.8 Å². The number of aliphatic hydroxyl groups excluding tert-OH is 2. The van der Waals surface area contributed by atoms with Gasteiger partial charge in [-0.05, 0) is 0 Å². The number of carboxylic acids is 1. The van der Waals surface area contributed by atoms with Gasteiger partial charge in [-0.15, -0.1) is 0 Å². The summed E-state index contributed by atoms with van der Waals surface area (Å²) in [6, 6.07) is -0.704. The molecule has 13 heteroatoms. The molecule has 0 aromatic carbocycles. The lowest BCUT2D eigenvalue weighted by atomic mass is 10.1. The van der Waals surface area contributed by atoms with Gasteiger partial charge in [-0.1, -0.05) is 0 Å². The van der Waals surface area contributed by atoms with Crippen molar-refractivity contribution in [3.8, 4) is 0 Å². The van der Waals surface area contributed by atoms with Crippen LogP contribution < -0.4 is 22.1 Å². The average molecular weight is 413 g/mol. The molecule has 2 aromatic heterocycles. The number of carboxylic acid groups (broad SMARTS) is 1. The van der Waals surface area contributed by atoms with E-state index in [1.165, 1.54) is 17.2 Å². The van der Waals surface area contributed by atoms with Gasteiger partial charge in [-0.25, -0.2) is 19.7 Å². The molecule has 0 bridgehead atoms. The highest BCUT2D eigenvalue weighted by Gasteiger charge is 2.46. The van der Waals surface area contributed by atoms with Crippen molar-refractivity contribution < 1.29 is 41.2 Å². The number of rotatable bonds is 9. The van der Waals surface area contributed by atoms with Crippen molar-refractivity contribution in [2.24, 2.45) is 0 Å². The summed E-state index contributed by atoms with van der Waals surface area (Å²) in [5.74, 6) is -0.731. The fraction of sp³-hybridized carbons (Fsp3) is 0.625. The Morgan fingerprint density at radius 3 is 2.76 bits per heavy atom. The Morgan fingerprint density at radius 2 is 2.07 bits per heavy atom. The number of imidazole rings is 1. The minimum Gasteiger partial charge on any atom is -0.477 e. The summed E-state index contributed by atoms with van der Waals surface area (Å²) in [6.45, 7) is 2.25. The Kier molecular flexibility index (Phi) is 6.56. The van der Waals surface area contributed by atoms with Crippen molar-refractivity contribution >= 4 is 23.0 Å². The maximum Gasteiger partial charge on any atom is 0.362 e. The Hall–Kier alpha value is -2.42. The molecule has 1 saturated heterocycles. The quantitative estimate of drug-likeness (QED) is 0.208. The molecular weight excluding hydrogens is 384 g/mol. The number of carbonyl (C=O) groups is 1. The Bertz CT molecular complexity index is 848. The smallest absolute Gasteiger partial charge is 0.362 e. The van der Waals surface area contributed by atoms with Crippen LogP contribution >= 0.6 is 0 Å². The van der Waals surface area contributed by atoms with Gasteiger partial charge in [0.2, 0.25) is 0 Å². The molecule has 1 aliphatic heterocycles. The SMILES string of the molecule is Nc1ncnc2c1ncn2[C@@H]1O[C@H](C[NH+](CC[NH3+])CC[C@H]([NH3+])C(=O)O)[C@@H](O)[C@H]1O. The number of quaternary nitrogens is 3. The molecule has 3 heterocycles. The number of ether oxygens (including phenoxy) is 1. The highest BCUT2D eigenvalue weighted by atomic mass is 16.6. The van der Waals surface area contributed by atoms with Gasteiger partial charge in [-0.2, -0.15) is 0 Å². The molecule has 13 nitrogen and oxygen atoms in total. The molecule has 29 heavy (non-hydrogen) atoms. The zero-order valence-corrected chi connectivity index (χ0v) is 16.0. The summed E-state index contributed by atoms with van der Waals surface area (Å²) in [6.07, 6.45) is -0.707. The number of fused-ring (bicyclic) bond motifs is 1. The van der Waals surface area contributed by atoms with Crippen LogP contribution in [0.25, 0.3) is 11.2 Å². The molecular formula is C16H29N8O5+3. The number of aliphatic carboxylic acids is 1. The lowest BCUT2D eigenvalue weighted by Crippen LogP contribution is -3.15. The number of anilines is 1. The van der Waals surface area contributed by atoms with E-state index >= 15 is 0 Å². The number of nitrogens with one attached hydrogen (secondary N) is 1. The second kappa shape index (κ2) is 8.94. The van der Waals surface area contributed by atoms with Crippen LogP contribution in [0.15, 0.2) is 12.7 Å². The summed E-state index contributed by atoms with van der Waals surface area (Å²) in [4.78, 5) is 24.2. The number of nitrogens with two attached hydrogens (primary N) is 1. The second-order valence-corrected chi connectivity index (χ2v) is 7.26. The molecule has 160 valence electrons. The van der Waals surface area contributed by atoms with E-state index in [-0.39, 0.29) is 5.82 Å². The van der Waals surface area contributed by atoms with E-state index < -0.39 is 36.6 Å². The Labute approximate surface area is 166 Å². The number of aliphatic hydroxyl groups is 2. The minimum atomic E-state index is -1.19. The van der Waals surface area contributed by atoms with Gasteiger partial charge in [0.05, 0.1) is 19.3 Å². The van der Waals surface area contributed by atoms with Gasteiger partial charge in [-0.3, -0.25) is 4.57 Å². The summed E-state index contributed by atoms with van der Waals surface area (Å²) in [5, 5.41) is 30.1. The molecule has 0 amide bonds. The fourth-order valence-electron chi connectivity index (χ4n) is 3.55. The largest absolute Gasteiger partial charge is 0.477 e. The van der Waals surface area contributed by atoms with E-state index in [2.05, 4.69) is 26.4 Å². The molecule has 12 N–H and O–H groups in total. The number of hydrogen-bond donors (Lipinski definition) is 7. The zero-order valence-electron chi connectivity index (χ0n) is 16.0. The van der Waals surface area contributed by atoms with Crippen molar-refractivity contribution in [3.63, 3.8) is 0 Å². The fourth-order valence-corrected chi connectivity index (χ4v) is 3.55. The number of hydrogen-bond acceptors (Lipinski definition) is 8. The first-order valence-corrected chi connectivity index (χ1v) is 9.46. The van der Waals surface area contributed by atoms with Crippen LogP contribution in [0.4, 0.5) is 5.82 Å². The van der Waals surface area contributed by atoms with Crippen LogP contribution in [0.1, 0.15) is 12.6 Å². The zero-order chi connectivity index (χ0) is 21.1. The summed E-state index contributed by atoms with van der Waals surface area (Å²) >= 11 is 0. The van der Waals surface area contributed by atoms with Gasteiger partial charge in [0, 0.05) is 0 Å². The first kappa shape index (κ1) is 21.3. The van der Waals surface area contributed by atoms with E-state index in [1.54, 1.807) is 0 Å². The third kappa shape index (κ3) is 4.44. The van der Waals surface area contributed by atoms with Crippen LogP contribution in [-0.2, 0) is 9.53 Å². The van der Waals surface area contributed by atoms with Crippen LogP contribution in [0, 0.1) is 0 Å². The van der Waals surface area contributed by atoms with Crippen LogP contribution in [-0.4, -0.2) is 91.3 Å². The van der Waals surface area contributed by atoms with Gasteiger partial charge in [0.25, 0.3) is 0 Å². The molecule has 1 aliphatic rings. The van der Waals surface area contributed by atoms with Crippen molar-refractivity contribution in [1.82, 2.24) is 19.5 Å². The van der Waals surface area contributed by atoms with Crippen LogP contribution in [0.3, 0.4) is 0 Å². The molecule has 1 unspecified atom stereocenters. The van der Waals surface area contributed by atoms with E-state index in [4.69, 9.17) is 15.6 Å². The third-order valence-electron chi connectivity index (χ3n) is 5.21. The maximum absolute atomic E-state index is 11.0. The molecule has 2 aromatic rings. The van der Waals surface area contributed by atoms with Crippen molar-refractivity contribution in [2.75, 3.05) is 31.9 Å². The monoisotopic (exact) mass is 413 g/mol. The van der Waals surface area contributed by atoms with Crippen molar-refractivity contribution in [2.45, 2.75) is 37.0 Å². The van der Waals surface area contributed by atoms with E-state index in [9.17, 15) is 15.0 Å². The summed E-state index contributed by atoms with van der Waals surface area (Å²) < 4.78 is 7.48. The number of nitrogen functional groups attached to an aromatic ring is 1. The van der Waals surface area contributed by atoms with Gasteiger partial charge in [0.15, 0.2) is 23.7 Å². The Morgan fingerprint density at radius 1 is 1.31 bits per heavy atom. The van der Waals surface area contributed by atoms with Crippen LogP contribution in [0.2, 0.25) is 0 Å². The van der Waals surface area contributed by atoms with Crippen LogP contribution in [0.5, 0.6) is 0 Å². The van der Waals surface area contributed by atoms with Gasteiger partial charge in [0.1, 0.15) is 49.8 Å². The molecule has 6 atom stereocenters. The lowest BCUT2D eigenvalue weighted by Gasteiger charge is -2.23. The summed E-state index contributed by atoms with van der Waals surface area (Å²) in [7, 11) is 0. The van der Waals surface area contributed by atoms with E-state index in [0.717, 1.165) is 4.90 Å². The normalized spacial score (nSPS) is 26.6. The topological polar surface area (TPSA) is 216 Å². The molecule has 1 fully saturated rings. The van der Waals surface area contributed by atoms with Crippen molar-refractivity contribution in [1.29, 1.82) is 0 Å². The predicted molar refractivity (Wildman–Crippen MR) is 97.9 cm³/mol. The van der Waals surface area contributed by atoms with Gasteiger partial charge >= 0.3 is 5.97 Å². The lowest BCUT2D eigenvalue weighted by molar-refractivity contribution is -0.909. The maximum atomic E-state index is 11.0. The molecule has 0 spiro atoms. The van der Waals surface area contributed by atoms with Crippen molar-refractivity contribution in [3.05, 3.63) is 12.7 Å². The first-order valence-electron chi connectivity index (χ1n) is 9.46. The third-order valence-corrected chi connectivity index (χ3v) is 5.21. The standard InChI is InChI=1S/C16H26N8O5/c17-2-4-23(3-1-8(18)16(27)28)5-9-11(25)12(26)15(29-9)24-7-22-10-13(19)20-6-21-14(10)24/h6-9,11-12,15,25-26H,1-5,17-18H2,(H,27,28)(H2,19,20,21)/p+3/t8-,9+,11+,12+,15+/m0/s1. The van der Waals surface area contributed by atoms with Gasteiger partial charge < -0.3 is 42.2 Å². The Balaban J connectivity index is 1.72. The number of aromatic nitrogens is 4. The molecule has 0 saturated carbocycles. The summed E-state index contributed by atoms with van der Waals surface area (Å²) in [5.41, 5.74) is 14.1.